The van der Waals surface area contributed by atoms with Crippen LogP contribution in [0.2, 0.25) is 0 Å². The van der Waals surface area contributed by atoms with E-state index in [-0.39, 0.29) is 6.04 Å². The molecule has 0 radical (unpaired) electrons. The summed E-state index contributed by atoms with van der Waals surface area (Å²) >= 11 is 0. The minimum Gasteiger partial charge on any atom is -0.469 e. The van der Waals surface area contributed by atoms with Gasteiger partial charge in [-0.1, -0.05) is 39.0 Å². The molecule has 0 saturated carbocycles. The summed E-state index contributed by atoms with van der Waals surface area (Å²) in [6, 6.07) is 2.29. The molecule has 0 fully saturated rings. The molecule has 1 atom stereocenters. The summed E-state index contributed by atoms with van der Waals surface area (Å²) in [7, 11) is 0. The van der Waals surface area contributed by atoms with E-state index in [1.165, 1.54) is 32.1 Å². The Balaban J connectivity index is 2.27. The number of hydrazine groups is 1. The van der Waals surface area contributed by atoms with Crippen LogP contribution in [0.5, 0.6) is 0 Å². The molecule has 0 aliphatic rings. The van der Waals surface area contributed by atoms with Crippen LogP contribution < -0.4 is 11.3 Å². The number of hydrogen-bond donors (Lipinski definition) is 2. The first-order valence-corrected chi connectivity index (χ1v) is 6.29. The van der Waals surface area contributed by atoms with Crippen LogP contribution >= 0.6 is 0 Å². The van der Waals surface area contributed by atoms with Gasteiger partial charge in [-0.25, -0.2) is 0 Å². The zero-order valence-electron chi connectivity index (χ0n) is 10.5. The highest BCUT2D eigenvalue weighted by Crippen LogP contribution is 2.21. The molecule has 3 heteroatoms. The van der Waals surface area contributed by atoms with Gasteiger partial charge < -0.3 is 4.42 Å². The Hall–Kier alpha value is -0.800. The van der Waals surface area contributed by atoms with Crippen molar-refractivity contribution in [3.8, 4) is 0 Å². The molecule has 0 spiro atoms. The smallest absolute Gasteiger partial charge is 0.101 e. The second-order valence-corrected chi connectivity index (χ2v) is 4.41. The Morgan fingerprint density at radius 3 is 2.62 bits per heavy atom. The molecule has 1 unspecified atom stereocenters. The fourth-order valence-electron chi connectivity index (χ4n) is 1.94. The lowest BCUT2D eigenvalue weighted by Gasteiger charge is -2.13. The van der Waals surface area contributed by atoms with Crippen LogP contribution in [0.1, 0.15) is 62.8 Å². The average Bonchev–Trinajstić information content (AvgIpc) is 2.70. The highest BCUT2D eigenvalue weighted by molar-refractivity contribution is 5.15. The molecule has 0 aromatic carbocycles. The Morgan fingerprint density at radius 2 is 2.06 bits per heavy atom. The van der Waals surface area contributed by atoms with E-state index in [9.17, 15) is 0 Å². The van der Waals surface area contributed by atoms with Crippen molar-refractivity contribution in [2.75, 3.05) is 0 Å². The second kappa shape index (κ2) is 7.47. The van der Waals surface area contributed by atoms with Crippen molar-refractivity contribution < 1.29 is 4.42 Å². The molecule has 1 aromatic rings. The maximum atomic E-state index is 5.56. The SMILES string of the molecule is CCCCCCCC(NN)c1coc(C)c1. The van der Waals surface area contributed by atoms with E-state index >= 15 is 0 Å². The fraction of sp³-hybridized carbons (Fsp3) is 0.692. The van der Waals surface area contributed by atoms with Crippen LogP contribution in [0.25, 0.3) is 0 Å². The summed E-state index contributed by atoms with van der Waals surface area (Å²) < 4.78 is 5.30. The molecule has 92 valence electrons. The van der Waals surface area contributed by atoms with Gasteiger partial charge in [0.25, 0.3) is 0 Å². The van der Waals surface area contributed by atoms with E-state index in [1.54, 1.807) is 6.26 Å². The number of hydrogen-bond acceptors (Lipinski definition) is 3. The summed E-state index contributed by atoms with van der Waals surface area (Å²) in [5.74, 6) is 6.51. The normalized spacial score (nSPS) is 12.9. The summed E-state index contributed by atoms with van der Waals surface area (Å²) in [5, 5.41) is 0. The Labute approximate surface area is 98.4 Å². The Kier molecular flexibility index (Phi) is 6.19. The van der Waals surface area contributed by atoms with E-state index in [0.29, 0.717) is 0 Å². The standard InChI is InChI=1S/C13H24N2O/c1-3-4-5-6-7-8-13(15-14)12-9-11(2)16-10-12/h9-10,13,15H,3-8,14H2,1-2H3. The van der Waals surface area contributed by atoms with Crippen molar-refractivity contribution in [3.63, 3.8) is 0 Å². The van der Waals surface area contributed by atoms with Gasteiger partial charge in [-0.15, -0.1) is 0 Å². The molecule has 0 aliphatic heterocycles. The van der Waals surface area contributed by atoms with Crippen molar-refractivity contribution in [2.45, 2.75) is 58.4 Å². The Bertz CT molecular complexity index is 283. The van der Waals surface area contributed by atoms with Crippen LogP contribution in [0.4, 0.5) is 0 Å². The van der Waals surface area contributed by atoms with E-state index < -0.39 is 0 Å². The van der Waals surface area contributed by atoms with E-state index in [0.717, 1.165) is 17.7 Å². The number of unbranched alkanes of at least 4 members (excludes halogenated alkanes) is 4. The first-order valence-electron chi connectivity index (χ1n) is 6.29. The van der Waals surface area contributed by atoms with E-state index in [1.807, 2.05) is 6.92 Å². The maximum Gasteiger partial charge on any atom is 0.101 e. The molecule has 3 nitrogen and oxygen atoms in total. The maximum absolute atomic E-state index is 5.56. The van der Waals surface area contributed by atoms with Gasteiger partial charge in [-0.3, -0.25) is 11.3 Å². The van der Waals surface area contributed by atoms with Gasteiger partial charge in [0.05, 0.1) is 6.26 Å². The number of nitrogens with two attached hydrogens (primary N) is 1. The summed E-state index contributed by atoms with van der Waals surface area (Å²) in [6.45, 7) is 4.19. The largest absolute Gasteiger partial charge is 0.469 e. The number of rotatable bonds is 8. The van der Waals surface area contributed by atoms with Crippen LogP contribution in [0, 0.1) is 6.92 Å². The minimum atomic E-state index is 0.235. The van der Waals surface area contributed by atoms with Crippen molar-refractivity contribution in [3.05, 3.63) is 23.7 Å². The lowest BCUT2D eigenvalue weighted by Crippen LogP contribution is -2.27. The zero-order chi connectivity index (χ0) is 11.8. The fourth-order valence-corrected chi connectivity index (χ4v) is 1.94. The monoisotopic (exact) mass is 224 g/mol. The molecular weight excluding hydrogens is 200 g/mol. The zero-order valence-corrected chi connectivity index (χ0v) is 10.5. The van der Waals surface area contributed by atoms with Crippen LogP contribution in [0.3, 0.4) is 0 Å². The summed E-state index contributed by atoms with van der Waals surface area (Å²) in [5.41, 5.74) is 4.03. The van der Waals surface area contributed by atoms with Gasteiger partial charge in [0.15, 0.2) is 0 Å². The average molecular weight is 224 g/mol. The van der Waals surface area contributed by atoms with Crippen molar-refractivity contribution >= 4 is 0 Å². The van der Waals surface area contributed by atoms with E-state index in [2.05, 4.69) is 18.4 Å². The molecule has 1 heterocycles. The molecule has 1 aromatic heterocycles. The van der Waals surface area contributed by atoms with Gasteiger partial charge in [-0.2, -0.15) is 0 Å². The number of nitrogens with one attached hydrogen (secondary N) is 1. The molecule has 0 saturated heterocycles. The molecule has 3 N–H and O–H groups in total. The number of furan rings is 1. The van der Waals surface area contributed by atoms with Gasteiger partial charge in [-0.05, 0) is 19.4 Å². The predicted octanol–water partition coefficient (Wildman–Crippen LogP) is 3.45. The van der Waals surface area contributed by atoms with Crippen LogP contribution in [-0.4, -0.2) is 0 Å². The molecular formula is C13H24N2O. The molecule has 16 heavy (non-hydrogen) atoms. The molecule has 0 aliphatic carbocycles. The molecule has 0 bridgehead atoms. The highest BCUT2D eigenvalue weighted by Gasteiger charge is 2.11. The predicted molar refractivity (Wildman–Crippen MR) is 66.9 cm³/mol. The first kappa shape index (κ1) is 13.3. The molecule has 1 rings (SSSR count). The first-order chi connectivity index (χ1) is 7.77. The third kappa shape index (κ3) is 4.37. The van der Waals surface area contributed by atoms with Crippen molar-refractivity contribution in [1.82, 2.24) is 5.43 Å². The lowest BCUT2D eigenvalue weighted by molar-refractivity contribution is 0.469. The van der Waals surface area contributed by atoms with Gasteiger partial charge in [0.2, 0.25) is 0 Å². The highest BCUT2D eigenvalue weighted by atomic mass is 16.3. The third-order valence-electron chi connectivity index (χ3n) is 2.95. The summed E-state index contributed by atoms with van der Waals surface area (Å²) in [4.78, 5) is 0. The van der Waals surface area contributed by atoms with Gasteiger partial charge in [0.1, 0.15) is 5.76 Å². The quantitative estimate of drug-likeness (QED) is 0.404. The van der Waals surface area contributed by atoms with Gasteiger partial charge >= 0.3 is 0 Å². The van der Waals surface area contributed by atoms with E-state index in [4.69, 9.17) is 10.3 Å². The Morgan fingerprint density at radius 1 is 1.31 bits per heavy atom. The molecule has 0 amide bonds. The third-order valence-corrected chi connectivity index (χ3v) is 2.95. The van der Waals surface area contributed by atoms with Crippen LogP contribution in [0.15, 0.2) is 16.7 Å². The van der Waals surface area contributed by atoms with Gasteiger partial charge in [0, 0.05) is 11.6 Å². The number of aryl methyl sites for hydroxylation is 1. The minimum absolute atomic E-state index is 0.235. The summed E-state index contributed by atoms with van der Waals surface area (Å²) in [6.07, 6.45) is 9.36. The second-order valence-electron chi connectivity index (χ2n) is 4.41. The van der Waals surface area contributed by atoms with Crippen molar-refractivity contribution in [1.29, 1.82) is 0 Å². The van der Waals surface area contributed by atoms with Crippen LogP contribution in [-0.2, 0) is 0 Å². The lowest BCUT2D eigenvalue weighted by atomic mass is 10.0. The topological polar surface area (TPSA) is 51.2 Å². The van der Waals surface area contributed by atoms with Crippen molar-refractivity contribution in [2.24, 2.45) is 5.84 Å².